The Hall–Kier alpha value is -2.95. The molecule has 136 valence electrons. The van der Waals surface area contributed by atoms with E-state index in [9.17, 15) is 4.79 Å². The number of rotatable bonds is 6. The van der Waals surface area contributed by atoms with Crippen molar-refractivity contribution in [2.45, 2.75) is 18.9 Å². The normalized spacial score (nSPS) is 15.4. The number of hydrogen-bond donors (Lipinski definition) is 1. The van der Waals surface area contributed by atoms with Crippen LogP contribution in [0.25, 0.3) is 0 Å². The van der Waals surface area contributed by atoms with Crippen molar-refractivity contribution in [1.29, 1.82) is 0 Å². The van der Waals surface area contributed by atoms with Crippen LogP contribution in [0.3, 0.4) is 0 Å². The van der Waals surface area contributed by atoms with Crippen molar-refractivity contribution in [2.24, 2.45) is 0 Å². The molecule has 0 saturated heterocycles. The molecular weight excluding hydrogens is 330 g/mol. The smallest absolute Gasteiger partial charge is 0.251 e. The molecule has 5 heteroatoms. The van der Waals surface area contributed by atoms with Gasteiger partial charge >= 0.3 is 0 Å². The molecule has 3 rings (SSSR count). The fourth-order valence-electron chi connectivity index (χ4n) is 3.22. The van der Waals surface area contributed by atoms with E-state index in [1.165, 1.54) is 0 Å². The fourth-order valence-corrected chi connectivity index (χ4v) is 3.22. The summed E-state index contributed by atoms with van der Waals surface area (Å²) >= 11 is 0. The molecule has 2 aromatic carbocycles. The van der Waals surface area contributed by atoms with Gasteiger partial charge in [0.15, 0.2) is 11.5 Å². The van der Waals surface area contributed by atoms with Gasteiger partial charge in [0.05, 0.1) is 26.9 Å². The van der Waals surface area contributed by atoms with Gasteiger partial charge in [-0.3, -0.25) is 4.79 Å². The predicted molar refractivity (Wildman–Crippen MR) is 100 cm³/mol. The van der Waals surface area contributed by atoms with Crippen LogP contribution < -0.4 is 19.5 Å². The Kier molecular flexibility index (Phi) is 5.46. The minimum atomic E-state index is -0.155. The maximum absolute atomic E-state index is 12.9. The van der Waals surface area contributed by atoms with Gasteiger partial charge in [0, 0.05) is 23.1 Å². The highest BCUT2D eigenvalue weighted by Crippen LogP contribution is 2.34. The van der Waals surface area contributed by atoms with Gasteiger partial charge < -0.3 is 19.5 Å². The summed E-state index contributed by atoms with van der Waals surface area (Å²) in [4.78, 5) is 12.9. The molecule has 5 nitrogen and oxygen atoms in total. The highest BCUT2D eigenvalue weighted by molar-refractivity contribution is 5.95. The third kappa shape index (κ3) is 3.52. The van der Waals surface area contributed by atoms with Crippen LogP contribution in [0.2, 0.25) is 0 Å². The summed E-state index contributed by atoms with van der Waals surface area (Å²) in [5, 5.41) is 3.11. The van der Waals surface area contributed by atoms with E-state index in [1.54, 1.807) is 26.4 Å². The zero-order valence-electron chi connectivity index (χ0n) is 15.1. The highest BCUT2D eigenvalue weighted by atomic mass is 16.5. The highest BCUT2D eigenvalue weighted by Gasteiger charge is 2.24. The second kappa shape index (κ2) is 7.95. The number of methoxy groups -OCH3 is 2. The molecule has 0 spiro atoms. The zero-order valence-corrected chi connectivity index (χ0v) is 15.1. The lowest BCUT2D eigenvalue weighted by atomic mass is 9.99. The number of benzene rings is 2. The molecule has 0 fully saturated rings. The summed E-state index contributed by atoms with van der Waals surface area (Å²) in [7, 11) is 3.15. The van der Waals surface area contributed by atoms with Gasteiger partial charge in [0.1, 0.15) is 5.75 Å². The number of amides is 1. The maximum Gasteiger partial charge on any atom is 0.251 e. The lowest BCUT2D eigenvalue weighted by molar-refractivity contribution is 0.0924. The predicted octanol–water partition coefficient (Wildman–Crippen LogP) is 3.69. The van der Waals surface area contributed by atoms with Crippen LogP contribution in [0.15, 0.2) is 49.1 Å². The van der Waals surface area contributed by atoms with E-state index < -0.39 is 0 Å². The summed E-state index contributed by atoms with van der Waals surface area (Å²) in [6.45, 7) is 4.35. The van der Waals surface area contributed by atoms with Crippen LogP contribution in [0, 0.1) is 0 Å². The van der Waals surface area contributed by atoms with Gasteiger partial charge in [-0.05, 0) is 24.6 Å². The average Bonchev–Trinajstić information content (AvgIpc) is 2.67. The number of para-hydroxylation sites is 1. The standard InChI is InChI=1S/C21H23NO4/c1-4-7-14-12-15(13-19(24-2)20(14)25-3)21(23)22-17-10-11-26-18-9-6-5-8-16(17)18/h4-6,8-9,12-13,17H,1,7,10-11H2,2-3H3,(H,22,23). The van der Waals surface area contributed by atoms with Gasteiger partial charge in [0.2, 0.25) is 0 Å². The summed E-state index contributed by atoms with van der Waals surface area (Å²) in [6, 6.07) is 11.2. The van der Waals surface area contributed by atoms with E-state index in [4.69, 9.17) is 14.2 Å². The minimum Gasteiger partial charge on any atom is -0.493 e. The van der Waals surface area contributed by atoms with E-state index in [-0.39, 0.29) is 11.9 Å². The van der Waals surface area contributed by atoms with E-state index in [0.717, 1.165) is 23.3 Å². The monoisotopic (exact) mass is 353 g/mol. The van der Waals surface area contributed by atoms with Crippen molar-refractivity contribution in [1.82, 2.24) is 5.32 Å². The average molecular weight is 353 g/mol. The molecule has 1 N–H and O–H groups in total. The molecule has 1 unspecified atom stereocenters. The molecule has 1 atom stereocenters. The van der Waals surface area contributed by atoms with Gasteiger partial charge in [-0.25, -0.2) is 0 Å². The first-order valence-corrected chi connectivity index (χ1v) is 8.56. The Balaban J connectivity index is 1.89. The second-order valence-corrected chi connectivity index (χ2v) is 6.06. The number of nitrogens with one attached hydrogen (secondary N) is 1. The van der Waals surface area contributed by atoms with Gasteiger partial charge in [-0.15, -0.1) is 6.58 Å². The van der Waals surface area contributed by atoms with Crippen molar-refractivity contribution < 1.29 is 19.0 Å². The van der Waals surface area contributed by atoms with E-state index in [2.05, 4.69) is 11.9 Å². The molecule has 2 aromatic rings. The molecule has 1 aliphatic rings. The van der Waals surface area contributed by atoms with Crippen LogP contribution >= 0.6 is 0 Å². The first-order chi connectivity index (χ1) is 12.7. The van der Waals surface area contributed by atoms with E-state index >= 15 is 0 Å². The molecular formula is C21H23NO4. The molecule has 0 saturated carbocycles. The fraction of sp³-hybridized carbons (Fsp3) is 0.286. The summed E-state index contributed by atoms with van der Waals surface area (Å²) in [5.74, 6) is 1.83. The number of carbonyl (C=O) groups excluding carboxylic acids is 1. The van der Waals surface area contributed by atoms with Crippen LogP contribution in [-0.2, 0) is 6.42 Å². The van der Waals surface area contributed by atoms with Crippen molar-refractivity contribution in [3.05, 3.63) is 65.7 Å². The van der Waals surface area contributed by atoms with Crippen LogP contribution in [0.4, 0.5) is 0 Å². The van der Waals surface area contributed by atoms with Crippen molar-refractivity contribution in [3.63, 3.8) is 0 Å². The third-order valence-electron chi connectivity index (χ3n) is 4.45. The molecule has 1 heterocycles. The third-order valence-corrected chi connectivity index (χ3v) is 4.45. The van der Waals surface area contributed by atoms with Crippen molar-refractivity contribution in [2.75, 3.05) is 20.8 Å². The summed E-state index contributed by atoms with van der Waals surface area (Å²) in [6.07, 6.45) is 3.09. The summed E-state index contributed by atoms with van der Waals surface area (Å²) in [5.41, 5.74) is 2.39. The largest absolute Gasteiger partial charge is 0.493 e. The quantitative estimate of drug-likeness (QED) is 0.805. The molecule has 1 aliphatic heterocycles. The molecule has 0 aromatic heterocycles. The van der Waals surface area contributed by atoms with Gasteiger partial charge in [0.25, 0.3) is 5.91 Å². The molecule has 26 heavy (non-hydrogen) atoms. The maximum atomic E-state index is 12.9. The van der Waals surface area contributed by atoms with Gasteiger partial charge in [-0.1, -0.05) is 24.3 Å². The Morgan fingerprint density at radius 1 is 1.31 bits per heavy atom. The molecule has 1 amide bonds. The molecule has 0 bridgehead atoms. The van der Waals surface area contributed by atoms with Crippen molar-refractivity contribution >= 4 is 5.91 Å². The van der Waals surface area contributed by atoms with Crippen molar-refractivity contribution in [3.8, 4) is 17.2 Å². The second-order valence-electron chi connectivity index (χ2n) is 6.06. The Morgan fingerprint density at radius 3 is 2.85 bits per heavy atom. The zero-order chi connectivity index (χ0) is 18.5. The number of ether oxygens (including phenoxy) is 3. The SMILES string of the molecule is C=CCc1cc(C(=O)NC2CCOc3ccccc32)cc(OC)c1OC. The lowest BCUT2D eigenvalue weighted by Gasteiger charge is -2.26. The van der Waals surface area contributed by atoms with Crippen LogP contribution in [0.5, 0.6) is 17.2 Å². The Labute approximate surface area is 153 Å². The molecule has 0 aliphatic carbocycles. The summed E-state index contributed by atoms with van der Waals surface area (Å²) < 4.78 is 16.5. The lowest BCUT2D eigenvalue weighted by Crippen LogP contribution is -2.32. The van der Waals surface area contributed by atoms with Crippen LogP contribution in [-0.4, -0.2) is 26.7 Å². The first kappa shape index (κ1) is 17.9. The Bertz CT molecular complexity index is 816. The number of hydrogen-bond acceptors (Lipinski definition) is 4. The van der Waals surface area contributed by atoms with Gasteiger partial charge in [-0.2, -0.15) is 0 Å². The van der Waals surface area contributed by atoms with E-state index in [0.29, 0.717) is 30.1 Å². The number of carbonyl (C=O) groups is 1. The minimum absolute atomic E-state index is 0.0802. The topological polar surface area (TPSA) is 56.8 Å². The van der Waals surface area contributed by atoms with Crippen LogP contribution in [0.1, 0.15) is 33.9 Å². The van der Waals surface area contributed by atoms with E-state index in [1.807, 2.05) is 30.3 Å². The molecule has 0 radical (unpaired) electrons. The Morgan fingerprint density at radius 2 is 2.12 bits per heavy atom. The number of allylic oxidation sites excluding steroid dienone is 1. The number of fused-ring (bicyclic) bond motifs is 1. The first-order valence-electron chi connectivity index (χ1n) is 8.56.